The van der Waals surface area contributed by atoms with Gasteiger partial charge in [-0.1, -0.05) is 0 Å². The number of rotatable bonds is 1. The number of fused-ring (bicyclic) bond motifs is 1. The van der Waals surface area contributed by atoms with Crippen LogP contribution in [0, 0.1) is 6.92 Å². The predicted octanol–water partition coefficient (Wildman–Crippen LogP) is 1.93. The fourth-order valence-corrected chi connectivity index (χ4v) is 1.94. The van der Waals surface area contributed by atoms with Gasteiger partial charge in [-0.2, -0.15) is 0 Å². The Bertz CT molecular complexity index is 786. The SMILES string of the molecule is Cc1c(O)cc(=O)[nH]c1-c1ccc2cc[nH]c2n1. The summed E-state index contributed by atoms with van der Waals surface area (Å²) in [5, 5.41) is 10.7. The summed E-state index contributed by atoms with van der Waals surface area (Å²) in [4.78, 5) is 21.5. The predicted molar refractivity (Wildman–Crippen MR) is 68.6 cm³/mol. The molecule has 90 valence electrons. The molecule has 0 spiro atoms. The maximum atomic E-state index is 11.4. The Labute approximate surface area is 102 Å². The van der Waals surface area contributed by atoms with E-state index < -0.39 is 0 Å². The molecule has 0 aromatic carbocycles. The van der Waals surface area contributed by atoms with Crippen molar-refractivity contribution in [2.75, 3.05) is 0 Å². The number of nitrogens with zero attached hydrogens (tertiary/aromatic N) is 1. The Hall–Kier alpha value is -2.56. The number of aromatic nitrogens is 3. The van der Waals surface area contributed by atoms with Crippen molar-refractivity contribution in [1.82, 2.24) is 15.0 Å². The first-order valence-corrected chi connectivity index (χ1v) is 5.52. The zero-order valence-electron chi connectivity index (χ0n) is 9.69. The summed E-state index contributed by atoms with van der Waals surface area (Å²) in [6.45, 7) is 1.74. The molecule has 0 saturated carbocycles. The average molecular weight is 241 g/mol. The number of hydrogen-bond acceptors (Lipinski definition) is 3. The van der Waals surface area contributed by atoms with E-state index in [1.165, 1.54) is 0 Å². The van der Waals surface area contributed by atoms with E-state index in [4.69, 9.17) is 0 Å². The second-order valence-corrected chi connectivity index (χ2v) is 4.13. The lowest BCUT2D eigenvalue weighted by atomic mass is 10.1. The maximum absolute atomic E-state index is 11.4. The second kappa shape index (κ2) is 3.73. The molecule has 0 aliphatic carbocycles. The largest absolute Gasteiger partial charge is 0.507 e. The van der Waals surface area contributed by atoms with Crippen molar-refractivity contribution in [2.45, 2.75) is 6.92 Å². The molecular formula is C13H11N3O2. The third-order valence-corrected chi connectivity index (χ3v) is 2.94. The van der Waals surface area contributed by atoms with E-state index in [0.717, 1.165) is 17.1 Å². The lowest BCUT2D eigenvalue weighted by molar-refractivity contribution is 0.470. The molecule has 0 saturated heterocycles. The average Bonchev–Trinajstić information content (AvgIpc) is 2.80. The van der Waals surface area contributed by atoms with Crippen LogP contribution < -0.4 is 5.56 Å². The minimum Gasteiger partial charge on any atom is -0.507 e. The minimum atomic E-state index is -0.346. The van der Waals surface area contributed by atoms with Gasteiger partial charge in [-0.05, 0) is 25.1 Å². The van der Waals surface area contributed by atoms with Crippen LogP contribution in [0.2, 0.25) is 0 Å². The van der Waals surface area contributed by atoms with Crippen LogP contribution in [0.3, 0.4) is 0 Å². The highest BCUT2D eigenvalue weighted by molar-refractivity contribution is 5.78. The molecule has 0 bridgehead atoms. The first-order chi connectivity index (χ1) is 8.65. The van der Waals surface area contributed by atoms with Crippen LogP contribution >= 0.6 is 0 Å². The zero-order chi connectivity index (χ0) is 12.7. The molecule has 5 nitrogen and oxygen atoms in total. The number of pyridine rings is 2. The van der Waals surface area contributed by atoms with Gasteiger partial charge in [0.15, 0.2) is 0 Å². The molecule has 3 rings (SSSR count). The molecule has 0 fully saturated rings. The summed E-state index contributed by atoms with van der Waals surface area (Å²) in [6.07, 6.45) is 1.81. The zero-order valence-corrected chi connectivity index (χ0v) is 9.69. The Morgan fingerprint density at radius 2 is 2.11 bits per heavy atom. The van der Waals surface area contributed by atoms with Gasteiger partial charge >= 0.3 is 0 Å². The van der Waals surface area contributed by atoms with Crippen molar-refractivity contribution in [1.29, 1.82) is 0 Å². The Morgan fingerprint density at radius 1 is 1.28 bits per heavy atom. The van der Waals surface area contributed by atoms with Crippen LogP contribution in [0.25, 0.3) is 22.4 Å². The van der Waals surface area contributed by atoms with Crippen LogP contribution in [0.4, 0.5) is 0 Å². The van der Waals surface area contributed by atoms with Gasteiger partial charge in [0.25, 0.3) is 5.56 Å². The van der Waals surface area contributed by atoms with E-state index in [9.17, 15) is 9.90 Å². The topological polar surface area (TPSA) is 81.8 Å². The van der Waals surface area contributed by atoms with Gasteiger partial charge in [-0.3, -0.25) is 4.79 Å². The van der Waals surface area contributed by atoms with Crippen LogP contribution in [0.15, 0.2) is 35.3 Å². The Kier molecular flexibility index (Phi) is 2.19. The Morgan fingerprint density at radius 3 is 2.94 bits per heavy atom. The quantitative estimate of drug-likeness (QED) is 0.608. The summed E-state index contributed by atoms with van der Waals surface area (Å²) >= 11 is 0. The number of nitrogens with one attached hydrogen (secondary N) is 2. The second-order valence-electron chi connectivity index (χ2n) is 4.13. The molecule has 0 unspecified atom stereocenters. The van der Waals surface area contributed by atoms with Crippen LogP contribution in [0.5, 0.6) is 5.75 Å². The molecule has 5 heteroatoms. The van der Waals surface area contributed by atoms with Crippen molar-refractivity contribution in [2.24, 2.45) is 0 Å². The molecule has 18 heavy (non-hydrogen) atoms. The molecule has 3 aromatic heterocycles. The molecule has 3 N–H and O–H groups in total. The summed E-state index contributed by atoms with van der Waals surface area (Å²) in [7, 11) is 0. The molecule has 3 aromatic rings. The van der Waals surface area contributed by atoms with E-state index >= 15 is 0 Å². The minimum absolute atomic E-state index is 0.0258. The summed E-state index contributed by atoms with van der Waals surface area (Å²) in [5.74, 6) is -0.0258. The van der Waals surface area contributed by atoms with Crippen molar-refractivity contribution >= 4 is 11.0 Å². The molecule has 0 atom stereocenters. The van der Waals surface area contributed by atoms with E-state index in [-0.39, 0.29) is 11.3 Å². The normalized spacial score (nSPS) is 10.9. The molecule has 3 heterocycles. The molecule has 0 aliphatic rings. The smallest absolute Gasteiger partial charge is 0.252 e. The number of aromatic amines is 2. The molecule has 0 aliphatic heterocycles. The monoisotopic (exact) mass is 241 g/mol. The van der Waals surface area contributed by atoms with Gasteiger partial charge in [0, 0.05) is 23.2 Å². The summed E-state index contributed by atoms with van der Waals surface area (Å²) in [5.41, 5.74) is 2.16. The van der Waals surface area contributed by atoms with Crippen molar-refractivity contribution in [3.63, 3.8) is 0 Å². The van der Waals surface area contributed by atoms with Gasteiger partial charge in [-0.25, -0.2) is 4.98 Å². The van der Waals surface area contributed by atoms with E-state index in [1.54, 1.807) is 13.1 Å². The van der Waals surface area contributed by atoms with Crippen molar-refractivity contribution in [3.05, 3.63) is 46.4 Å². The number of H-pyrrole nitrogens is 2. The maximum Gasteiger partial charge on any atom is 0.252 e. The summed E-state index contributed by atoms with van der Waals surface area (Å²) < 4.78 is 0. The van der Waals surface area contributed by atoms with Gasteiger partial charge in [0.05, 0.1) is 11.4 Å². The van der Waals surface area contributed by atoms with Gasteiger partial charge in [0.1, 0.15) is 11.4 Å². The van der Waals surface area contributed by atoms with Crippen molar-refractivity contribution in [3.8, 4) is 17.1 Å². The highest BCUT2D eigenvalue weighted by Gasteiger charge is 2.10. The van der Waals surface area contributed by atoms with Crippen LogP contribution in [-0.2, 0) is 0 Å². The molecular weight excluding hydrogens is 230 g/mol. The number of aromatic hydroxyl groups is 1. The lowest BCUT2D eigenvalue weighted by Crippen LogP contribution is -2.07. The fraction of sp³-hybridized carbons (Fsp3) is 0.0769. The van der Waals surface area contributed by atoms with Gasteiger partial charge < -0.3 is 15.1 Å². The summed E-state index contributed by atoms with van der Waals surface area (Å²) in [6, 6.07) is 6.81. The first kappa shape index (κ1) is 10.6. The van der Waals surface area contributed by atoms with E-state index in [2.05, 4.69) is 15.0 Å². The van der Waals surface area contributed by atoms with Crippen LogP contribution in [-0.4, -0.2) is 20.1 Å². The third kappa shape index (κ3) is 1.57. The standard InChI is InChI=1S/C13H11N3O2/c1-7-10(17)6-11(18)16-12(7)9-3-2-8-4-5-14-13(8)15-9/h2-6H,1H3,(H,14,15)(H2,16,17,18). The Balaban J connectivity index is 2.28. The van der Waals surface area contributed by atoms with Crippen LogP contribution in [0.1, 0.15) is 5.56 Å². The lowest BCUT2D eigenvalue weighted by Gasteiger charge is -2.06. The highest BCUT2D eigenvalue weighted by atomic mass is 16.3. The van der Waals surface area contributed by atoms with E-state index in [0.29, 0.717) is 17.0 Å². The third-order valence-electron chi connectivity index (χ3n) is 2.94. The molecule has 0 radical (unpaired) electrons. The van der Waals surface area contributed by atoms with Crippen molar-refractivity contribution < 1.29 is 5.11 Å². The first-order valence-electron chi connectivity index (χ1n) is 5.52. The van der Waals surface area contributed by atoms with E-state index in [1.807, 2.05) is 18.2 Å². The highest BCUT2D eigenvalue weighted by Crippen LogP contribution is 2.25. The fourth-order valence-electron chi connectivity index (χ4n) is 1.94. The molecule has 0 amide bonds. The van der Waals surface area contributed by atoms with Gasteiger partial charge in [-0.15, -0.1) is 0 Å². The van der Waals surface area contributed by atoms with Gasteiger partial charge in [0.2, 0.25) is 0 Å². The number of hydrogen-bond donors (Lipinski definition) is 3.